The molecular formula is C30H40O4. The van der Waals surface area contributed by atoms with Gasteiger partial charge in [0, 0.05) is 24.0 Å². The van der Waals surface area contributed by atoms with Crippen LogP contribution in [0.15, 0.2) is 46.6 Å². The van der Waals surface area contributed by atoms with E-state index in [2.05, 4.69) is 46.8 Å². The molecule has 5 rings (SSSR count). The second-order valence-electron chi connectivity index (χ2n) is 12.4. The van der Waals surface area contributed by atoms with Crippen LogP contribution in [0.4, 0.5) is 0 Å². The van der Waals surface area contributed by atoms with Gasteiger partial charge in [0.25, 0.3) is 0 Å². The molecule has 4 heteroatoms. The third kappa shape index (κ3) is 3.46. The number of fused-ring (bicyclic) bond motifs is 3. The van der Waals surface area contributed by atoms with E-state index in [0.717, 1.165) is 37.7 Å². The van der Waals surface area contributed by atoms with E-state index in [-0.39, 0.29) is 34.8 Å². The topological polar surface area (TPSA) is 52.6 Å². The quantitative estimate of drug-likeness (QED) is 0.431. The van der Waals surface area contributed by atoms with Crippen LogP contribution in [-0.4, -0.2) is 23.6 Å². The highest BCUT2D eigenvalue weighted by Gasteiger charge is 2.60. The van der Waals surface area contributed by atoms with Gasteiger partial charge in [-0.3, -0.25) is 0 Å². The van der Waals surface area contributed by atoms with Crippen molar-refractivity contribution in [1.29, 1.82) is 0 Å². The van der Waals surface area contributed by atoms with Crippen molar-refractivity contribution >= 4 is 11.9 Å². The molecule has 6 atom stereocenters. The summed E-state index contributed by atoms with van der Waals surface area (Å²) in [7, 11) is 0. The van der Waals surface area contributed by atoms with Gasteiger partial charge in [-0.15, -0.1) is 0 Å². The molecule has 0 aromatic heterocycles. The molecule has 5 aliphatic rings. The van der Waals surface area contributed by atoms with Crippen LogP contribution in [0, 0.1) is 28.6 Å². The number of carbonyl (C=O) groups is 2. The van der Waals surface area contributed by atoms with Crippen LogP contribution in [0.3, 0.4) is 0 Å². The normalized spacial score (nSPS) is 40.0. The lowest BCUT2D eigenvalue weighted by molar-refractivity contribution is -0.153. The van der Waals surface area contributed by atoms with Crippen molar-refractivity contribution in [1.82, 2.24) is 0 Å². The maximum absolute atomic E-state index is 12.3. The van der Waals surface area contributed by atoms with Gasteiger partial charge in [-0.1, -0.05) is 44.6 Å². The SMILES string of the molecule is CC1=CC[C@H](C(C)C2CC[C@@]3(C)C4=C(C=C5C=CC(=O)OC(C)(C)C5CC4)CC[C@]23C)OC1=O. The van der Waals surface area contributed by atoms with Crippen LogP contribution >= 0.6 is 0 Å². The first kappa shape index (κ1) is 23.6. The molecular weight excluding hydrogens is 424 g/mol. The molecule has 0 bridgehead atoms. The van der Waals surface area contributed by atoms with Crippen molar-refractivity contribution in [2.45, 2.75) is 98.2 Å². The number of hydrogen-bond acceptors (Lipinski definition) is 4. The van der Waals surface area contributed by atoms with Gasteiger partial charge < -0.3 is 9.47 Å². The fraction of sp³-hybridized carbons (Fsp3) is 0.667. The first-order valence-electron chi connectivity index (χ1n) is 13.2. The molecule has 1 fully saturated rings. The highest BCUT2D eigenvalue weighted by atomic mass is 16.6. The Morgan fingerprint density at radius 3 is 2.53 bits per heavy atom. The third-order valence-corrected chi connectivity index (χ3v) is 10.5. The van der Waals surface area contributed by atoms with Crippen LogP contribution in [0.5, 0.6) is 0 Å². The Morgan fingerprint density at radius 1 is 1.03 bits per heavy atom. The van der Waals surface area contributed by atoms with E-state index in [0.29, 0.717) is 11.8 Å². The summed E-state index contributed by atoms with van der Waals surface area (Å²) in [5.74, 6) is 0.711. The van der Waals surface area contributed by atoms with Crippen molar-refractivity contribution < 1.29 is 19.1 Å². The average molecular weight is 465 g/mol. The number of allylic oxidation sites excluding steroid dienone is 4. The number of hydrogen-bond donors (Lipinski definition) is 0. The zero-order valence-electron chi connectivity index (χ0n) is 21.7. The van der Waals surface area contributed by atoms with E-state index < -0.39 is 5.60 Å². The summed E-state index contributed by atoms with van der Waals surface area (Å²) in [5, 5.41) is 0. The monoisotopic (exact) mass is 464 g/mol. The Hall–Kier alpha value is -2.10. The van der Waals surface area contributed by atoms with E-state index in [4.69, 9.17) is 9.47 Å². The van der Waals surface area contributed by atoms with Gasteiger partial charge in [-0.2, -0.15) is 0 Å². The van der Waals surface area contributed by atoms with Gasteiger partial charge in [-0.25, -0.2) is 9.59 Å². The van der Waals surface area contributed by atoms with Crippen LogP contribution < -0.4 is 0 Å². The van der Waals surface area contributed by atoms with E-state index >= 15 is 0 Å². The Morgan fingerprint density at radius 2 is 1.79 bits per heavy atom. The summed E-state index contributed by atoms with van der Waals surface area (Å²) < 4.78 is 11.7. The van der Waals surface area contributed by atoms with Gasteiger partial charge in [0.05, 0.1) is 0 Å². The van der Waals surface area contributed by atoms with Gasteiger partial charge in [0.2, 0.25) is 0 Å². The number of esters is 2. The molecule has 0 radical (unpaired) electrons. The zero-order chi connectivity index (χ0) is 24.5. The number of rotatable bonds is 2. The van der Waals surface area contributed by atoms with Crippen molar-refractivity contribution in [3.05, 3.63) is 46.6 Å². The molecule has 2 heterocycles. The molecule has 34 heavy (non-hydrogen) atoms. The number of cyclic esters (lactones) is 2. The molecule has 2 aliphatic heterocycles. The lowest BCUT2D eigenvalue weighted by atomic mass is 9.52. The van der Waals surface area contributed by atoms with Crippen molar-refractivity contribution in [3.8, 4) is 0 Å². The van der Waals surface area contributed by atoms with E-state index in [1.807, 2.05) is 13.0 Å². The molecule has 3 unspecified atom stereocenters. The van der Waals surface area contributed by atoms with Crippen molar-refractivity contribution in [2.24, 2.45) is 28.6 Å². The Labute approximate surface area is 204 Å². The van der Waals surface area contributed by atoms with Crippen LogP contribution in [0.2, 0.25) is 0 Å². The Balaban J connectivity index is 1.47. The van der Waals surface area contributed by atoms with Crippen LogP contribution in [0.1, 0.15) is 86.5 Å². The molecule has 4 nitrogen and oxygen atoms in total. The maximum Gasteiger partial charge on any atom is 0.333 e. The summed E-state index contributed by atoms with van der Waals surface area (Å²) in [4.78, 5) is 24.4. The summed E-state index contributed by atoms with van der Waals surface area (Å²) in [5.41, 5.74) is 4.93. The Bertz CT molecular complexity index is 1040. The van der Waals surface area contributed by atoms with E-state index in [9.17, 15) is 9.59 Å². The van der Waals surface area contributed by atoms with E-state index in [1.165, 1.54) is 24.0 Å². The third-order valence-electron chi connectivity index (χ3n) is 10.5. The Kier molecular flexibility index (Phi) is 5.53. The predicted octanol–water partition coefficient (Wildman–Crippen LogP) is 6.63. The minimum Gasteiger partial charge on any atom is -0.458 e. The summed E-state index contributed by atoms with van der Waals surface area (Å²) in [6.07, 6.45) is 15.6. The standard InChI is InChI=1S/C30H40O4/c1-18-7-11-25(33-27(18)32)19(2)22-14-16-30(6)24-10-9-23-20(8-12-26(31)34-28(23,3)4)17-21(24)13-15-29(22,30)5/h7-8,12,17,19,22-23,25H,9-11,13-16H2,1-6H3/t19?,22?,23?,25-,29-,30+/m1/s1. The second kappa shape index (κ2) is 7.96. The lowest BCUT2D eigenvalue weighted by Gasteiger charge is -2.52. The molecule has 0 saturated heterocycles. The fourth-order valence-electron chi connectivity index (χ4n) is 8.19. The average Bonchev–Trinajstić information content (AvgIpc) is 2.88. The summed E-state index contributed by atoms with van der Waals surface area (Å²) in [6, 6.07) is 0. The van der Waals surface area contributed by atoms with Gasteiger partial charge >= 0.3 is 11.9 Å². The number of ether oxygens (including phenoxy) is 2. The molecule has 1 saturated carbocycles. The van der Waals surface area contributed by atoms with Crippen molar-refractivity contribution in [3.63, 3.8) is 0 Å². The zero-order valence-corrected chi connectivity index (χ0v) is 21.7. The number of carbonyl (C=O) groups excluding carboxylic acids is 2. The van der Waals surface area contributed by atoms with Gasteiger partial charge in [0.15, 0.2) is 0 Å². The smallest absolute Gasteiger partial charge is 0.333 e. The first-order chi connectivity index (χ1) is 16.0. The highest BCUT2D eigenvalue weighted by molar-refractivity contribution is 5.88. The second-order valence-corrected chi connectivity index (χ2v) is 12.4. The predicted molar refractivity (Wildman–Crippen MR) is 133 cm³/mol. The molecule has 3 aliphatic carbocycles. The molecule has 0 N–H and O–H groups in total. The fourth-order valence-corrected chi connectivity index (χ4v) is 8.19. The van der Waals surface area contributed by atoms with Crippen LogP contribution in [-0.2, 0) is 19.1 Å². The maximum atomic E-state index is 12.3. The first-order valence-corrected chi connectivity index (χ1v) is 13.2. The molecule has 0 aromatic carbocycles. The summed E-state index contributed by atoms with van der Waals surface area (Å²) in [6.45, 7) is 13.3. The largest absolute Gasteiger partial charge is 0.458 e. The van der Waals surface area contributed by atoms with Gasteiger partial charge in [-0.05, 0) is 93.1 Å². The van der Waals surface area contributed by atoms with Crippen LogP contribution in [0.25, 0.3) is 0 Å². The molecule has 0 aromatic rings. The van der Waals surface area contributed by atoms with Crippen molar-refractivity contribution in [2.75, 3.05) is 0 Å². The molecule has 0 spiro atoms. The lowest BCUT2D eigenvalue weighted by Crippen LogP contribution is -2.46. The summed E-state index contributed by atoms with van der Waals surface area (Å²) >= 11 is 0. The minimum atomic E-state index is -0.505. The van der Waals surface area contributed by atoms with E-state index in [1.54, 1.807) is 11.6 Å². The molecule has 0 amide bonds. The molecule has 184 valence electrons. The minimum absolute atomic E-state index is 0.0146. The van der Waals surface area contributed by atoms with Gasteiger partial charge in [0.1, 0.15) is 11.7 Å². The highest BCUT2D eigenvalue weighted by Crippen LogP contribution is 2.68.